The fourth-order valence-corrected chi connectivity index (χ4v) is 0.937. The van der Waals surface area contributed by atoms with Gasteiger partial charge in [0.15, 0.2) is 0 Å². The second-order valence-corrected chi connectivity index (χ2v) is 2.62. The Balaban J connectivity index is 2.73. The van der Waals surface area contributed by atoms with Gasteiger partial charge in [0, 0.05) is 5.69 Å². The normalized spacial score (nSPS) is 11.1. The summed E-state index contributed by atoms with van der Waals surface area (Å²) in [5.41, 5.74) is -0.209. The maximum Gasteiger partial charge on any atom is 0.416 e. The monoisotopic (exact) mass is 203 g/mol. The van der Waals surface area contributed by atoms with Crippen LogP contribution >= 0.6 is 0 Å². The summed E-state index contributed by atoms with van der Waals surface area (Å²) < 4.78 is 36.3. The van der Waals surface area contributed by atoms with Crippen molar-refractivity contribution in [2.24, 2.45) is 0 Å². The molecular weight excluding hydrogens is 195 g/mol. The van der Waals surface area contributed by atoms with E-state index in [9.17, 15) is 18.0 Å². The average molecular weight is 203 g/mol. The van der Waals surface area contributed by atoms with Crippen molar-refractivity contribution in [1.29, 1.82) is 0 Å². The molecule has 0 spiro atoms. The van der Waals surface area contributed by atoms with Gasteiger partial charge >= 0.3 is 6.18 Å². The van der Waals surface area contributed by atoms with E-state index in [4.69, 9.17) is 0 Å². The van der Waals surface area contributed by atoms with Crippen LogP contribution in [0.15, 0.2) is 24.3 Å². The molecular formula is C9H8F3NO. The molecule has 0 saturated heterocycles. The largest absolute Gasteiger partial charge is 0.416 e. The minimum atomic E-state index is -4.32. The summed E-state index contributed by atoms with van der Waals surface area (Å²) in [7, 11) is 0. The molecule has 0 unspecified atom stereocenters. The highest BCUT2D eigenvalue weighted by Crippen LogP contribution is 2.29. The van der Waals surface area contributed by atoms with Crippen LogP contribution in [-0.2, 0) is 11.0 Å². The van der Waals surface area contributed by atoms with Crippen molar-refractivity contribution in [2.75, 3.05) is 11.9 Å². The zero-order valence-electron chi connectivity index (χ0n) is 7.14. The minimum Gasteiger partial charge on any atom is -0.378 e. The number of aldehydes is 1. The van der Waals surface area contributed by atoms with Gasteiger partial charge in [0.25, 0.3) is 0 Å². The number of carbonyl (C=O) groups is 1. The van der Waals surface area contributed by atoms with E-state index in [2.05, 4.69) is 5.32 Å². The maximum atomic E-state index is 12.1. The molecule has 2 nitrogen and oxygen atoms in total. The van der Waals surface area contributed by atoms with Crippen molar-refractivity contribution < 1.29 is 18.0 Å². The Morgan fingerprint density at radius 2 is 1.79 bits per heavy atom. The lowest BCUT2D eigenvalue weighted by atomic mass is 10.2. The summed E-state index contributed by atoms with van der Waals surface area (Å²) in [6.45, 7) is 0.0887. The Bertz CT molecular complexity index is 305. The molecule has 14 heavy (non-hydrogen) atoms. The summed E-state index contributed by atoms with van der Waals surface area (Å²) in [5.74, 6) is 0. The smallest absolute Gasteiger partial charge is 0.378 e. The molecule has 1 rings (SSSR count). The van der Waals surface area contributed by atoms with Gasteiger partial charge in [-0.3, -0.25) is 0 Å². The molecule has 0 aliphatic carbocycles. The Kier molecular flexibility index (Phi) is 3.11. The van der Waals surface area contributed by atoms with Crippen LogP contribution in [0.25, 0.3) is 0 Å². The minimum absolute atomic E-state index is 0.0887. The first-order chi connectivity index (χ1) is 6.54. The third-order valence-corrected chi connectivity index (χ3v) is 1.60. The summed E-state index contributed by atoms with van der Waals surface area (Å²) in [6, 6.07) is 4.50. The molecule has 76 valence electrons. The van der Waals surface area contributed by atoms with E-state index < -0.39 is 11.7 Å². The molecule has 1 aromatic carbocycles. The zero-order chi connectivity index (χ0) is 10.6. The zero-order valence-corrected chi connectivity index (χ0v) is 7.14. The van der Waals surface area contributed by atoms with E-state index in [0.717, 1.165) is 12.1 Å². The maximum absolute atomic E-state index is 12.1. The third-order valence-electron chi connectivity index (χ3n) is 1.60. The molecule has 0 aliphatic rings. The van der Waals surface area contributed by atoms with E-state index in [1.54, 1.807) is 0 Å². The van der Waals surface area contributed by atoms with Crippen molar-refractivity contribution in [3.8, 4) is 0 Å². The summed E-state index contributed by atoms with van der Waals surface area (Å²) >= 11 is 0. The number of benzene rings is 1. The van der Waals surface area contributed by atoms with Gasteiger partial charge < -0.3 is 10.1 Å². The summed E-state index contributed by atoms with van der Waals surface area (Å²) in [6.07, 6.45) is -3.68. The number of rotatable bonds is 3. The van der Waals surface area contributed by atoms with Crippen LogP contribution in [0, 0.1) is 0 Å². The van der Waals surface area contributed by atoms with Crippen LogP contribution in [0.3, 0.4) is 0 Å². The molecule has 0 aliphatic heterocycles. The Morgan fingerprint density at radius 1 is 1.21 bits per heavy atom. The number of nitrogens with one attached hydrogen (secondary N) is 1. The van der Waals surface area contributed by atoms with Gasteiger partial charge in [-0.1, -0.05) is 0 Å². The van der Waals surface area contributed by atoms with Crippen LogP contribution in [0.1, 0.15) is 5.56 Å². The lowest BCUT2D eigenvalue weighted by Gasteiger charge is -2.07. The molecule has 5 heteroatoms. The van der Waals surface area contributed by atoms with Crippen LogP contribution < -0.4 is 5.32 Å². The van der Waals surface area contributed by atoms with E-state index in [1.807, 2.05) is 0 Å². The number of alkyl halides is 3. The predicted octanol–water partition coefficient (Wildman–Crippen LogP) is 2.32. The van der Waals surface area contributed by atoms with Gasteiger partial charge in [-0.05, 0) is 24.3 Å². The van der Waals surface area contributed by atoms with Gasteiger partial charge in [0.1, 0.15) is 6.29 Å². The second-order valence-electron chi connectivity index (χ2n) is 2.62. The van der Waals surface area contributed by atoms with Crippen LogP contribution in [0.2, 0.25) is 0 Å². The standard InChI is InChI=1S/C9H8F3NO/c10-9(11,12)7-1-3-8(4-2-7)13-5-6-14/h1-4,6,13H,5H2. The van der Waals surface area contributed by atoms with Crippen molar-refractivity contribution >= 4 is 12.0 Å². The van der Waals surface area contributed by atoms with E-state index >= 15 is 0 Å². The highest BCUT2D eigenvalue weighted by molar-refractivity contribution is 5.59. The van der Waals surface area contributed by atoms with Gasteiger partial charge in [0.05, 0.1) is 12.1 Å². The van der Waals surface area contributed by atoms with Gasteiger partial charge in [-0.15, -0.1) is 0 Å². The average Bonchev–Trinajstić information content (AvgIpc) is 2.14. The number of anilines is 1. The number of hydrogen-bond donors (Lipinski definition) is 1. The topological polar surface area (TPSA) is 29.1 Å². The van der Waals surface area contributed by atoms with Crippen molar-refractivity contribution in [3.05, 3.63) is 29.8 Å². The van der Waals surface area contributed by atoms with Crippen molar-refractivity contribution in [1.82, 2.24) is 0 Å². The molecule has 0 bridgehead atoms. The number of halogens is 3. The Labute approximate surface area is 78.7 Å². The van der Waals surface area contributed by atoms with Gasteiger partial charge in [0.2, 0.25) is 0 Å². The first-order valence-corrected chi connectivity index (χ1v) is 3.89. The molecule has 0 radical (unpaired) electrons. The lowest BCUT2D eigenvalue weighted by molar-refractivity contribution is -0.137. The predicted molar refractivity (Wildman–Crippen MR) is 46.0 cm³/mol. The lowest BCUT2D eigenvalue weighted by Crippen LogP contribution is -2.06. The summed E-state index contributed by atoms with van der Waals surface area (Å²) in [5, 5.41) is 2.64. The Morgan fingerprint density at radius 3 is 2.21 bits per heavy atom. The SMILES string of the molecule is O=CCNc1ccc(C(F)(F)F)cc1. The van der Waals surface area contributed by atoms with E-state index in [0.29, 0.717) is 12.0 Å². The highest BCUT2D eigenvalue weighted by atomic mass is 19.4. The van der Waals surface area contributed by atoms with E-state index in [1.165, 1.54) is 12.1 Å². The highest BCUT2D eigenvalue weighted by Gasteiger charge is 2.29. The molecule has 0 amide bonds. The van der Waals surface area contributed by atoms with Crippen LogP contribution in [0.5, 0.6) is 0 Å². The third kappa shape index (κ3) is 2.76. The van der Waals surface area contributed by atoms with Crippen LogP contribution in [-0.4, -0.2) is 12.8 Å². The molecule has 1 aromatic rings. The quantitative estimate of drug-likeness (QED) is 0.764. The van der Waals surface area contributed by atoms with Crippen molar-refractivity contribution in [2.45, 2.75) is 6.18 Å². The fourth-order valence-electron chi connectivity index (χ4n) is 0.937. The summed E-state index contributed by atoms with van der Waals surface area (Å²) in [4.78, 5) is 9.96. The molecule has 0 fully saturated rings. The van der Waals surface area contributed by atoms with Crippen LogP contribution in [0.4, 0.5) is 18.9 Å². The molecule has 0 aromatic heterocycles. The van der Waals surface area contributed by atoms with Gasteiger partial charge in [-0.2, -0.15) is 13.2 Å². The number of hydrogen-bond acceptors (Lipinski definition) is 2. The molecule has 0 atom stereocenters. The molecule has 0 saturated carbocycles. The fraction of sp³-hybridized carbons (Fsp3) is 0.222. The Hall–Kier alpha value is -1.52. The number of carbonyl (C=O) groups excluding carboxylic acids is 1. The van der Waals surface area contributed by atoms with E-state index in [-0.39, 0.29) is 6.54 Å². The first kappa shape index (κ1) is 10.6. The molecule has 0 heterocycles. The van der Waals surface area contributed by atoms with Gasteiger partial charge in [-0.25, -0.2) is 0 Å². The second kappa shape index (κ2) is 4.13. The molecule has 1 N–H and O–H groups in total. The van der Waals surface area contributed by atoms with Crippen molar-refractivity contribution in [3.63, 3.8) is 0 Å². The first-order valence-electron chi connectivity index (χ1n) is 3.89.